The molecule has 0 atom stereocenters. The van der Waals surface area contributed by atoms with Gasteiger partial charge in [0, 0.05) is 39.3 Å². The van der Waals surface area contributed by atoms with E-state index in [2.05, 4.69) is 31.9 Å². The minimum Gasteiger partial charge on any atom is -0.492 e. The van der Waals surface area contributed by atoms with Crippen LogP contribution in [0.2, 0.25) is 0 Å². The Kier molecular flexibility index (Phi) is 12.6. The molecule has 0 aliphatic heterocycles. The lowest BCUT2D eigenvalue weighted by molar-refractivity contribution is 0.0963. The molecule has 2 aromatic rings. The Hall–Kier alpha value is -2.33. The average Bonchev–Trinajstić information content (AvgIpc) is 2.75. The van der Waals surface area contributed by atoms with Crippen molar-refractivity contribution >= 4 is 35.8 Å². The number of hydrogen-bond donors (Lipinski definition) is 3. The number of likely N-dealkylation sites (N-methyl/N-ethyl adjacent to an activating group) is 1. The number of guanidine groups is 1. The molecule has 0 saturated heterocycles. The minimum atomic E-state index is -0.0739. The molecule has 170 valence electrons. The molecule has 0 heterocycles. The van der Waals surface area contributed by atoms with Crippen molar-refractivity contribution in [3.05, 3.63) is 65.2 Å². The third-order valence-corrected chi connectivity index (χ3v) is 4.51. The first-order chi connectivity index (χ1) is 14.5. The predicted molar refractivity (Wildman–Crippen MR) is 138 cm³/mol. The van der Waals surface area contributed by atoms with Crippen LogP contribution in [-0.2, 0) is 13.0 Å². The zero-order valence-electron chi connectivity index (χ0n) is 18.8. The monoisotopic (exact) mass is 539 g/mol. The molecule has 8 heteroatoms. The van der Waals surface area contributed by atoms with Crippen LogP contribution in [0.15, 0.2) is 53.5 Å². The molecule has 7 nitrogen and oxygen atoms in total. The first-order valence-electron chi connectivity index (χ1n) is 10.1. The van der Waals surface area contributed by atoms with Crippen LogP contribution in [0.25, 0.3) is 0 Å². The molecule has 2 rings (SSSR count). The molecule has 0 saturated carbocycles. The molecule has 0 aliphatic rings. The fourth-order valence-electron chi connectivity index (χ4n) is 2.84. The number of amides is 1. The molecule has 2 aromatic carbocycles. The average molecular weight is 539 g/mol. The van der Waals surface area contributed by atoms with Crippen LogP contribution in [0.4, 0.5) is 0 Å². The van der Waals surface area contributed by atoms with Gasteiger partial charge in [0.05, 0.1) is 0 Å². The maximum atomic E-state index is 11.8. The number of nitrogens with zero attached hydrogens (tertiary/aromatic N) is 2. The van der Waals surface area contributed by atoms with E-state index in [1.165, 1.54) is 0 Å². The van der Waals surface area contributed by atoms with Gasteiger partial charge in [-0.25, -0.2) is 0 Å². The van der Waals surface area contributed by atoms with E-state index < -0.39 is 0 Å². The summed E-state index contributed by atoms with van der Waals surface area (Å²) < 4.78 is 5.80. The fourth-order valence-corrected chi connectivity index (χ4v) is 2.84. The van der Waals surface area contributed by atoms with Crippen LogP contribution in [-0.4, -0.2) is 64.7 Å². The molecule has 0 unspecified atom stereocenters. The standard InChI is InChI=1S/C23H33N5O2.HI/c1-24-22(29)20-9-5-7-18(15-20)11-12-26-23(25-2)27-17-19-8-6-10-21(16-19)30-14-13-28(3)4;/h5-10,15-16H,11-14,17H2,1-4H3,(H,24,29)(H2,25,26,27);1H. The van der Waals surface area contributed by atoms with E-state index in [1.807, 2.05) is 56.6 Å². The van der Waals surface area contributed by atoms with E-state index in [-0.39, 0.29) is 29.9 Å². The third kappa shape index (κ3) is 10.0. The van der Waals surface area contributed by atoms with Gasteiger partial charge in [-0.05, 0) is 55.9 Å². The Bertz CT molecular complexity index is 842. The Balaban J connectivity index is 0.00000480. The van der Waals surface area contributed by atoms with Crippen molar-refractivity contribution in [1.29, 1.82) is 0 Å². The highest BCUT2D eigenvalue weighted by molar-refractivity contribution is 14.0. The summed E-state index contributed by atoms with van der Waals surface area (Å²) in [5.41, 5.74) is 2.89. The number of aliphatic imine (C=N–C) groups is 1. The van der Waals surface area contributed by atoms with Crippen molar-refractivity contribution in [2.75, 3.05) is 47.9 Å². The smallest absolute Gasteiger partial charge is 0.251 e. The first kappa shape index (κ1) is 26.7. The normalized spacial score (nSPS) is 10.9. The first-order valence-corrected chi connectivity index (χ1v) is 10.1. The molecular weight excluding hydrogens is 505 g/mol. The fraction of sp³-hybridized carbons (Fsp3) is 0.391. The summed E-state index contributed by atoms with van der Waals surface area (Å²) in [5, 5.41) is 9.29. The maximum absolute atomic E-state index is 11.8. The van der Waals surface area contributed by atoms with E-state index in [0.717, 1.165) is 35.8 Å². The second-order valence-corrected chi connectivity index (χ2v) is 7.18. The molecule has 0 aromatic heterocycles. The molecule has 1 amide bonds. The van der Waals surface area contributed by atoms with E-state index in [4.69, 9.17) is 4.74 Å². The van der Waals surface area contributed by atoms with Crippen molar-refractivity contribution in [1.82, 2.24) is 20.9 Å². The SMILES string of the molecule is CN=C(NCCc1cccc(C(=O)NC)c1)NCc1cccc(OCCN(C)C)c1.I. The number of halogens is 1. The van der Waals surface area contributed by atoms with Gasteiger partial charge in [0.25, 0.3) is 5.91 Å². The molecule has 0 aliphatic carbocycles. The van der Waals surface area contributed by atoms with E-state index in [1.54, 1.807) is 14.1 Å². The lowest BCUT2D eigenvalue weighted by atomic mass is 10.1. The quantitative estimate of drug-likeness (QED) is 0.246. The van der Waals surface area contributed by atoms with Gasteiger partial charge in [0.1, 0.15) is 12.4 Å². The number of ether oxygens (including phenoxy) is 1. The molecule has 0 bridgehead atoms. The van der Waals surface area contributed by atoms with Crippen LogP contribution in [0.1, 0.15) is 21.5 Å². The van der Waals surface area contributed by atoms with Crippen LogP contribution in [0.5, 0.6) is 5.75 Å². The summed E-state index contributed by atoms with van der Waals surface area (Å²) in [6, 6.07) is 15.7. The van der Waals surface area contributed by atoms with Crippen molar-refractivity contribution in [2.45, 2.75) is 13.0 Å². The number of nitrogens with one attached hydrogen (secondary N) is 3. The number of benzene rings is 2. The molecule has 0 fully saturated rings. The summed E-state index contributed by atoms with van der Waals surface area (Å²) in [5.74, 6) is 1.53. The van der Waals surface area contributed by atoms with Crippen molar-refractivity contribution < 1.29 is 9.53 Å². The van der Waals surface area contributed by atoms with Crippen molar-refractivity contribution in [3.63, 3.8) is 0 Å². The molecule has 0 spiro atoms. The van der Waals surface area contributed by atoms with E-state index in [0.29, 0.717) is 25.3 Å². The van der Waals surface area contributed by atoms with Crippen molar-refractivity contribution in [2.24, 2.45) is 4.99 Å². The van der Waals surface area contributed by atoms with Gasteiger partial charge in [-0.2, -0.15) is 0 Å². The van der Waals surface area contributed by atoms with Crippen molar-refractivity contribution in [3.8, 4) is 5.75 Å². The van der Waals surface area contributed by atoms with Gasteiger partial charge in [-0.15, -0.1) is 24.0 Å². The summed E-state index contributed by atoms with van der Waals surface area (Å²) in [7, 11) is 7.45. The second-order valence-electron chi connectivity index (χ2n) is 7.18. The van der Waals surface area contributed by atoms with E-state index in [9.17, 15) is 4.79 Å². The number of carbonyl (C=O) groups is 1. The summed E-state index contributed by atoms with van der Waals surface area (Å²) in [6.07, 6.45) is 0.792. The summed E-state index contributed by atoms with van der Waals surface area (Å²) in [6.45, 7) is 2.90. The Labute approximate surface area is 202 Å². The predicted octanol–water partition coefficient (Wildman–Crippen LogP) is 2.51. The number of rotatable bonds is 10. The summed E-state index contributed by atoms with van der Waals surface area (Å²) >= 11 is 0. The Morgan fingerprint density at radius 1 is 1.06 bits per heavy atom. The van der Waals surface area contributed by atoms with Gasteiger partial charge in [-0.3, -0.25) is 9.79 Å². The highest BCUT2D eigenvalue weighted by atomic mass is 127. The molecule has 31 heavy (non-hydrogen) atoms. The van der Waals surface area contributed by atoms with Gasteiger partial charge in [0.15, 0.2) is 5.96 Å². The minimum absolute atomic E-state index is 0. The largest absolute Gasteiger partial charge is 0.492 e. The third-order valence-electron chi connectivity index (χ3n) is 4.51. The molecule has 3 N–H and O–H groups in total. The highest BCUT2D eigenvalue weighted by Crippen LogP contribution is 2.13. The second kappa shape index (κ2) is 14.6. The number of hydrogen-bond acceptors (Lipinski definition) is 4. The van der Waals surface area contributed by atoms with E-state index >= 15 is 0 Å². The van der Waals surface area contributed by atoms with Gasteiger partial charge in [0.2, 0.25) is 0 Å². The molecule has 0 radical (unpaired) electrons. The maximum Gasteiger partial charge on any atom is 0.251 e. The Morgan fingerprint density at radius 2 is 1.81 bits per heavy atom. The topological polar surface area (TPSA) is 78.0 Å². The van der Waals surface area contributed by atoms with Crippen LogP contribution < -0.4 is 20.7 Å². The summed E-state index contributed by atoms with van der Waals surface area (Å²) in [4.78, 5) is 18.1. The lowest BCUT2D eigenvalue weighted by Crippen LogP contribution is -2.37. The van der Waals surface area contributed by atoms with Crippen LogP contribution in [0, 0.1) is 0 Å². The van der Waals surface area contributed by atoms with Gasteiger partial charge in [-0.1, -0.05) is 24.3 Å². The van der Waals surface area contributed by atoms with Gasteiger partial charge >= 0.3 is 0 Å². The number of carbonyl (C=O) groups excluding carboxylic acids is 1. The molecular formula is C23H34IN5O2. The zero-order valence-corrected chi connectivity index (χ0v) is 21.1. The Morgan fingerprint density at radius 3 is 2.52 bits per heavy atom. The van der Waals surface area contributed by atoms with Gasteiger partial charge < -0.3 is 25.6 Å². The highest BCUT2D eigenvalue weighted by Gasteiger charge is 2.04. The zero-order chi connectivity index (χ0) is 21.8. The van der Waals surface area contributed by atoms with Crippen LogP contribution >= 0.6 is 24.0 Å². The lowest BCUT2D eigenvalue weighted by Gasteiger charge is -2.14. The van der Waals surface area contributed by atoms with Crippen LogP contribution in [0.3, 0.4) is 0 Å².